The normalized spacial score (nSPS) is 12.0. The minimum atomic E-state index is -0.864. The van der Waals surface area contributed by atoms with E-state index < -0.39 is 34.1 Å². The molecule has 5 nitrogen and oxygen atoms in total. The van der Waals surface area contributed by atoms with Crippen molar-refractivity contribution in [1.29, 1.82) is 0 Å². The second-order valence-electron chi connectivity index (χ2n) is 4.34. The number of benzene rings is 2. The number of halogens is 2. The first-order valence-electron chi connectivity index (χ1n) is 5.98. The second-order valence-corrected chi connectivity index (χ2v) is 4.34. The van der Waals surface area contributed by atoms with Crippen LogP contribution in [0, 0.1) is 21.7 Å². The zero-order valence-electron chi connectivity index (χ0n) is 10.9. The number of aliphatic hydroxyl groups excluding tert-OH is 1. The van der Waals surface area contributed by atoms with Gasteiger partial charge in [0.2, 0.25) is 5.75 Å². The van der Waals surface area contributed by atoms with Crippen molar-refractivity contribution in [2.75, 3.05) is 0 Å². The van der Waals surface area contributed by atoms with E-state index in [1.807, 2.05) is 0 Å². The molecule has 0 aliphatic carbocycles. The fraction of sp³-hybridized carbons (Fsp3) is 0.143. The van der Waals surface area contributed by atoms with Crippen molar-refractivity contribution < 1.29 is 23.5 Å². The summed E-state index contributed by atoms with van der Waals surface area (Å²) in [7, 11) is 0. The smallest absolute Gasteiger partial charge is 0.311 e. The monoisotopic (exact) mass is 295 g/mol. The molecule has 0 aromatic heterocycles. The lowest BCUT2D eigenvalue weighted by Crippen LogP contribution is -1.97. The van der Waals surface area contributed by atoms with Gasteiger partial charge >= 0.3 is 5.69 Å². The molecule has 2 aromatic rings. The minimum Gasteiger partial charge on any atom is -0.447 e. The second kappa shape index (κ2) is 5.84. The highest BCUT2D eigenvalue weighted by molar-refractivity contribution is 5.48. The highest BCUT2D eigenvalue weighted by atomic mass is 19.1. The van der Waals surface area contributed by atoms with Gasteiger partial charge in [-0.05, 0) is 30.7 Å². The van der Waals surface area contributed by atoms with Gasteiger partial charge in [-0.1, -0.05) is 6.07 Å². The van der Waals surface area contributed by atoms with Gasteiger partial charge in [-0.25, -0.2) is 8.78 Å². The van der Waals surface area contributed by atoms with Gasteiger partial charge in [0.15, 0.2) is 11.6 Å². The highest BCUT2D eigenvalue weighted by Crippen LogP contribution is 2.33. The van der Waals surface area contributed by atoms with E-state index in [1.54, 1.807) is 0 Å². The first-order chi connectivity index (χ1) is 9.88. The number of aliphatic hydroxyl groups is 1. The number of nitro groups is 1. The fourth-order valence-corrected chi connectivity index (χ4v) is 1.70. The van der Waals surface area contributed by atoms with Crippen LogP contribution in [0.15, 0.2) is 36.4 Å². The van der Waals surface area contributed by atoms with E-state index in [9.17, 15) is 24.0 Å². The summed E-state index contributed by atoms with van der Waals surface area (Å²) >= 11 is 0. The highest BCUT2D eigenvalue weighted by Gasteiger charge is 2.18. The molecule has 0 aliphatic heterocycles. The molecule has 0 fully saturated rings. The van der Waals surface area contributed by atoms with Gasteiger partial charge < -0.3 is 9.84 Å². The van der Waals surface area contributed by atoms with Gasteiger partial charge in [0.1, 0.15) is 5.82 Å². The van der Waals surface area contributed by atoms with Gasteiger partial charge in [0.25, 0.3) is 0 Å². The molecule has 110 valence electrons. The summed E-state index contributed by atoms with van der Waals surface area (Å²) in [5, 5.41) is 20.2. The molecule has 0 heterocycles. The topological polar surface area (TPSA) is 72.6 Å². The Morgan fingerprint density at radius 3 is 2.48 bits per heavy atom. The average Bonchev–Trinajstić information content (AvgIpc) is 2.40. The molecule has 0 bridgehead atoms. The number of ether oxygens (including phenoxy) is 1. The molecule has 7 heteroatoms. The molecule has 2 aromatic carbocycles. The standard InChI is InChI=1S/C14H11F2NO4/c1-8(18)9-2-5-13(11(16)6-9)21-14-7-10(15)3-4-12(14)17(19)20/h2-8,18H,1H3. The Labute approximate surface area is 118 Å². The molecule has 0 radical (unpaired) electrons. The molecular weight excluding hydrogens is 284 g/mol. The van der Waals surface area contributed by atoms with Gasteiger partial charge in [-0.15, -0.1) is 0 Å². The van der Waals surface area contributed by atoms with Crippen LogP contribution in [0.25, 0.3) is 0 Å². The lowest BCUT2D eigenvalue weighted by atomic mass is 10.1. The molecule has 0 aliphatic rings. The molecule has 0 spiro atoms. The van der Waals surface area contributed by atoms with Crippen LogP contribution in [0.1, 0.15) is 18.6 Å². The number of hydrogen-bond acceptors (Lipinski definition) is 4. The van der Waals surface area contributed by atoms with Crippen LogP contribution in [0.2, 0.25) is 0 Å². The Balaban J connectivity index is 2.38. The van der Waals surface area contributed by atoms with Crippen molar-refractivity contribution in [1.82, 2.24) is 0 Å². The maximum absolute atomic E-state index is 13.8. The molecule has 0 saturated carbocycles. The van der Waals surface area contributed by atoms with Crippen LogP contribution in [0.5, 0.6) is 11.5 Å². The molecule has 2 rings (SSSR count). The summed E-state index contributed by atoms with van der Waals surface area (Å²) in [6.07, 6.45) is -0.864. The van der Waals surface area contributed by atoms with Crippen molar-refractivity contribution in [2.45, 2.75) is 13.0 Å². The van der Waals surface area contributed by atoms with Crippen molar-refractivity contribution in [3.8, 4) is 11.5 Å². The van der Waals surface area contributed by atoms with E-state index in [0.29, 0.717) is 5.56 Å². The van der Waals surface area contributed by atoms with Crippen LogP contribution in [-0.2, 0) is 0 Å². The molecule has 1 unspecified atom stereocenters. The van der Waals surface area contributed by atoms with Crippen molar-refractivity contribution in [3.63, 3.8) is 0 Å². The molecule has 0 saturated heterocycles. The van der Waals surface area contributed by atoms with Crippen LogP contribution in [0.3, 0.4) is 0 Å². The Morgan fingerprint density at radius 2 is 1.90 bits per heavy atom. The van der Waals surface area contributed by atoms with E-state index in [0.717, 1.165) is 24.3 Å². The average molecular weight is 295 g/mol. The molecular formula is C14H11F2NO4. The lowest BCUT2D eigenvalue weighted by Gasteiger charge is -2.10. The number of hydrogen-bond donors (Lipinski definition) is 1. The zero-order chi connectivity index (χ0) is 15.6. The van der Waals surface area contributed by atoms with Gasteiger partial charge in [0, 0.05) is 12.1 Å². The first-order valence-corrected chi connectivity index (χ1v) is 5.98. The van der Waals surface area contributed by atoms with E-state index >= 15 is 0 Å². The van der Waals surface area contributed by atoms with E-state index in [4.69, 9.17) is 4.74 Å². The van der Waals surface area contributed by atoms with Crippen LogP contribution in [-0.4, -0.2) is 10.0 Å². The third-order valence-electron chi connectivity index (χ3n) is 2.78. The maximum atomic E-state index is 13.8. The van der Waals surface area contributed by atoms with Crippen molar-refractivity contribution in [2.24, 2.45) is 0 Å². The van der Waals surface area contributed by atoms with Gasteiger partial charge in [-0.2, -0.15) is 0 Å². The van der Waals surface area contributed by atoms with E-state index in [-0.39, 0.29) is 5.75 Å². The SMILES string of the molecule is CC(O)c1ccc(Oc2cc(F)ccc2[N+](=O)[O-])c(F)c1. The minimum absolute atomic E-state index is 0.298. The summed E-state index contributed by atoms with van der Waals surface area (Å²) in [6.45, 7) is 1.46. The van der Waals surface area contributed by atoms with Crippen LogP contribution >= 0.6 is 0 Å². The first kappa shape index (κ1) is 14.9. The summed E-state index contributed by atoms with van der Waals surface area (Å²) in [5.74, 6) is -2.25. The van der Waals surface area contributed by atoms with Crippen molar-refractivity contribution >= 4 is 5.69 Å². The van der Waals surface area contributed by atoms with E-state index in [2.05, 4.69) is 0 Å². The summed E-state index contributed by atoms with van der Waals surface area (Å²) in [6, 6.07) is 6.33. The number of rotatable bonds is 4. The van der Waals surface area contributed by atoms with Gasteiger partial charge in [-0.3, -0.25) is 10.1 Å². The Kier molecular flexibility index (Phi) is 4.13. The summed E-state index contributed by atoms with van der Waals surface area (Å²) < 4.78 is 32.1. The predicted molar refractivity (Wildman–Crippen MR) is 70.2 cm³/mol. The Hall–Kier alpha value is -2.54. The zero-order valence-corrected chi connectivity index (χ0v) is 10.9. The Morgan fingerprint density at radius 1 is 1.19 bits per heavy atom. The van der Waals surface area contributed by atoms with Crippen molar-refractivity contribution in [3.05, 3.63) is 63.7 Å². The van der Waals surface area contributed by atoms with Crippen LogP contribution < -0.4 is 4.74 Å². The third kappa shape index (κ3) is 3.32. The Bertz CT molecular complexity index is 689. The lowest BCUT2D eigenvalue weighted by molar-refractivity contribution is -0.385. The van der Waals surface area contributed by atoms with E-state index in [1.165, 1.54) is 19.1 Å². The molecule has 0 amide bonds. The predicted octanol–water partition coefficient (Wildman–Crippen LogP) is 3.72. The number of nitro benzene ring substituents is 1. The number of nitrogens with zero attached hydrogens (tertiary/aromatic N) is 1. The summed E-state index contributed by atoms with van der Waals surface area (Å²) in [5.41, 5.74) is -0.149. The third-order valence-corrected chi connectivity index (χ3v) is 2.78. The maximum Gasteiger partial charge on any atom is 0.311 e. The molecule has 21 heavy (non-hydrogen) atoms. The quantitative estimate of drug-likeness (QED) is 0.689. The molecule has 1 atom stereocenters. The van der Waals surface area contributed by atoms with Crippen LogP contribution in [0.4, 0.5) is 14.5 Å². The summed E-state index contributed by atoms with van der Waals surface area (Å²) in [4.78, 5) is 10.1. The van der Waals surface area contributed by atoms with Gasteiger partial charge in [0.05, 0.1) is 11.0 Å². The fourth-order valence-electron chi connectivity index (χ4n) is 1.70. The molecule has 1 N–H and O–H groups in total. The largest absolute Gasteiger partial charge is 0.447 e.